The highest BCUT2D eigenvalue weighted by molar-refractivity contribution is 6.30. The molecule has 0 atom stereocenters. The molecular formula is C20H13ClN2O. The van der Waals surface area contributed by atoms with Crippen LogP contribution in [0.5, 0.6) is 0 Å². The van der Waals surface area contributed by atoms with Crippen LogP contribution >= 0.6 is 11.6 Å². The molecule has 0 aliphatic carbocycles. The molecule has 1 aliphatic rings. The van der Waals surface area contributed by atoms with Gasteiger partial charge in [0.2, 0.25) is 0 Å². The summed E-state index contributed by atoms with van der Waals surface area (Å²) in [4.78, 5) is 4.83. The van der Waals surface area contributed by atoms with Gasteiger partial charge >= 0.3 is 0 Å². The third-order valence-corrected chi connectivity index (χ3v) is 4.60. The molecular weight excluding hydrogens is 320 g/mol. The molecule has 116 valence electrons. The van der Waals surface area contributed by atoms with E-state index in [4.69, 9.17) is 21.0 Å². The van der Waals surface area contributed by atoms with Crippen molar-refractivity contribution < 1.29 is 4.42 Å². The number of benzene rings is 2. The van der Waals surface area contributed by atoms with E-state index < -0.39 is 0 Å². The van der Waals surface area contributed by atoms with E-state index in [1.54, 1.807) is 0 Å². The summed E-state index contributed by atoms with van der Waals surface area (Å²) in [6.45, 7) is 0.598. The molecule has 0 bridgehead atoms. The van der Waals surface area contributed by atoms with Crippen LogP contribution in [0, 0.1) is 0 Å². The second-order valence-electron chi connectivity index (χ2n) is 5.85. The molecule has 0 radical (unpaired) electrons. The molecule has 0 saturated carbocycles. The molecule has 4 aromatic rings. The van der Waals surface area contributed by atoms with Crippen molar-refractivity contribution in [2.75, 3.05) is 0 Å². The zero-order chi connectivity index (χ0) is 16.1. The topological polar surface area (TPSA) is 30.4 Å². The smallest absolute Gasteiger partial charge is 0.155 e. The van der Waals surface area contributed by atoms with Crippen molar-refractivity contribution in [1.82, 2.24) is 4.57 Å². The maximum absolute atomic E-state index is 6.20. The lowest BCUT2D eigenvalue weighted by Crippen LogP contribution is -2.07. The number of aromatic nitrogens is 1. The summed E-state index contributed by atoms with van der Waals surface area (Å²) in [5, 5.41) is 1.80. The first-order chi connectivity index (χ1) is 11.8. The van der Waals surface area contributed by atoms with Gasteiger partial charge in [-0.15, -0.1) is 0 Å². The zero-order valence-corrected chi connectivity index (χ0v) is 13.5. The van der Waals surface area contributed by atoms with Gasteiger partial charge in [-0.25, -0.2) is 0 Å². The lowest BCUT2D eigenvalue weighted by molar-refractivity contribution is 0.604. The summed E-state index contributed by atoms with van der Waals surface area (Å²) in [5.74, 6) is 0.787. The van der Waals surface area contributed by atoms with E-state index in [1.807, 2.05) is 54.7 Å². The maximum Gasteiger partial charge on any atom is 0.155 e. The molecule has 0 N–H and O–H groups in total. The van der Waals surface area contributed by atoms with Crippen LogP contribution in [0.3, 0.4) is 0 Å². The van der Waals surface area contributed by atoms with Gasteiger partial charge in [0.15, 0.2) is 5.76 Å². The Bertz CT molecular complexity index is 1070. The molecule has 2 aromatic heterocycles. The van der Waals surface area contributed by atoms with Crippen molar-refractivity contribution in [2.45, 2.75) is 6.54 Å². The molecule has 1 aliphatic heterocycles. The van der Waals surface area contributed by atoms with Gasteiger partial charge in [-0.2, -0.15) is 0 Å². The van der Waals surface area contributed by atoms with Gasteiger partial charge in [0.1, 0.15) is 11.3 Å². The SMILES string of the molecule is Clc1ccc2c(c1)-n1cccc1C(c1cc3ccccc3o1)=NC2. The minimum Gasteiger partial charge on any atom is -0.454 e. The van der Waals surface area contributed by atoms with E-state index in [0.29, 0.717) is 6.54 Å². The predicted molar refractivity (Wildman–Crippen MR) is 96.3 cm³/mol. The molecule has 0 unspecified atom stereocenters. The van der Waals surface area contributed by atoms with E-state index in [9.17, 15) is 0 Å². The largest absolute Gasteiger partial charge is 0.454 e. The third kappa shape index (κ3) is 2.02. The second kappa shape index (κ2) is 5.11. The van der Waals surface area contributed by atoms with E-state index in [2.05, 4.69) is 16.7 Å². The summed E-state index contributed by atoms with van der Waals surface area (Å²) in [5.41, 5.74) is 4.96. The summed E-state index contributed by atoms with van der Waals surface area (Å²) in [7, 11) is 0. The summed E-state index contributed by atoms with van der Waals surface area (Å²) < 4.78 is 8.17. The van der Waals surface area contributed by atoms with Crippen LogP contribution < -0.4 is 0 Å². The Morgan fingerprint density at radius 2 is 1.92 bits per heavy atom. The first-order valence-electron chi connectivity index (χ1n) is 7.79. The van der Waals surface area contributed by atoms with Gasteiger partial charge in [0, 0.05) is 16.6 Å². The van der Waals surface area contributed by atoms with Crippen molar-refractivity contribution in [2.24, 2.45) is 4.99 Å². The van der Waals surface area contributed by atoms with Gasteiger partial charge < -0.3 is 8.98 Å². The van der Waals surface area contributed by atoms with Gasteiger partial charge in [-0.05, 0) is 42.0 Å². The van der Waals surface area contributed by atoms with Gasteiger partial charge in [-0.3, -0.25) is 4.99 Å². The highest BCUT2D eigenvalue weighted by atomic mass is 35.5. The molecule has 0 spiro atoms. The number of hydrogen-bond acceptors (Lipinski definition) is 2. The number of halogens is 1. The zero-order valence-electron chi connectivity index (χ0n) is 12.7. The highest BCUT2D eigenvalue weighted by Crippen LogP contribution is 2.29. The number of furan rings is 1. The number of aliphatic imine (C=N–C) groups is 1. The quantitative estimate of drug-likeness (QED) is 0.469. The molecule has 3 heterocycles. The van der Waals surface area contributed by atoms with E-state index in [0.717, 1.165) is 44.4 Å². The highest BCUT2D eigenvalue weighted by Gasteiger charge is 2.21. The minimum atomic E-state index is 0.598. The number of fused-ring (bicyclic) bond motifs is 4. The Morgan fingerprint density at radius 3 is 2.83 bits per heavy atom. The molecule has 24 heavy (non-hydrogen) atoms. The van der Waals surface area contributed by atoms with Gasteiger partial charge in [0.25, 0.3) is 0 Å². The molecule has 3 nitrogen and oxygen atoms in total. The second-order valence-corrected chi connectivity index (χ2v) is 6.29. The first-order valence-corrected chi connectivity index (χ1v) is 8.17. The standard InChI is InChI=1S/C20H13ClN2O/c21-15-8-7-14-12-22-20(16-5-3-9-23(16)17(14)11-15)19-10-13-4-1-2-6-18(13)24-19/h1-11H,12H2. The molecule has 2 aromatic carbocycles. The van der Waals surface area contributed by atoms with Crippen LogP contribution in [0.1, 0.15) is 17.0 Å². The fourth-order valence-electron chi connectivity index (χ4n) is 3.23. The normalized spacial score (nSPS) is 13.3. The van der Waals surface area contributed by atoms with Crippen LogP contribution in [-0.2, 0) is 6.54 Å². The van der Waals surface area contributed by atoms with Crippen LogP contribution in [0.4, 0.5) is 0 Å². The van der Waals surface area contributed by atoms with E-state index in [-0.39, 0.29) is 0 Å². The van der Waals surface area contributed by atoms with Crippen molar-refractivity contribution >= 4 is 28.3 Å². The molecule has 0 amide bonds. The van der Waals surface area contributed by atoms with Crippen LogP contribution in [0.15, 0.2) is 76.3 Å². The lowest BCUT2D eigenvalue weighted by atomic mass is 10.1. The van der Waals surface area contributed by atoms with Crippen molar-refractivity contribution in [3.8, 4) is 5.69 Å². The van der Waals surface area contributed by atoms with Gasteiger partial charge in [-0.1, -0.05) is 35.9 Å². The number of rotatable bonds is 1. The van der Waals surface area contributed by atoms with E-state index >= 15 is 0 Å². The van der Waals surface area contributed by atoms with E-state index in [1.165, 1.54) is 0 Å². The molecule has 5 rings (SSSR count). The molecule has 0 fully saturated rings. The first kappa shape index (κ1) is 13.6. The minimum absolute atomic E-state index is 0.598. The van der Waals surface area contributed by atoms with Crippen LogP contribution in [0.2, 0.25) is 5.02 Å². The lowest BCUT2D eigenvalue weighted by Gasteiger charge is -2.10. The van der Waals surface area contributed by atoms with Crippen LogP contribution in [-0.4, -0.2) is 10.3 Å². The van der Waals surface area contributed by atoms with Crippen molar-refractivity contribution in [1.29, 1.82) is 0 Å². The Balaban J connectivity index is 1.73. The van der Waals surface area contributed by atoms with Gasteiger partial charge in [0.05, 0.1) is 17.9 Å². The average Bonchev–Trinajstić information content (AvgIpc) is 3.20. The summed E-state index contributed by atoms with van der Waals surface area (Å²) in [6.07, 6.45) is 2.04. The average molecular weight is 333 g/mol. The fourth-order valence-corrected chi connectivity index (χ4v) is 3.39. The van der Waals surface area contributed by atoms with Crippen LogP contribution in [0.25, 0.3) is 16.7 Å². The maximum atomic E-state index is 6.20. The van der Waals surface area contributed by atoms with Crippen molar-refractivity contribution in [3.63, 3.8) is 0 Å². The predicted octanol–water partition coefficient (Wildman–Crippen LogP) is 5.23. The Morgan fingerprint density at radius 1 is 1.00 bits per heavy atom. The monoisotopic (exact) mass is 332 g/mol. The Hall–Kier alpha value is -2.78. The third-order valence-electron chi connectivity index (χ3n) is 4.36. The Labute approximate surface area is 143 Å². The summed E-state index contributed by atoms with van der Waals surface area (Å²) in [6, 6.07) is 20.1. The number of hydrogen-bond donors (Lipinski definition) is 0. The summed E-state index contributed by atoms with van der Waals surface area (Å²) >= 11 is 6.20. The van der Waals surface area contributed by atoms with Crippen molar-refractivity contribution in [3.05, 3.63) is 88.9 Å². The molecule has 0 saturated heterocycles. The number of para-hydroxylation sites is 1. The molecule has 4 heteroatoms. The fraction of sp³-hybridized carbons (Fsp3) is 0.0500. The number of nitrogens with zero attached hydrogens (tertiary/aromatic N) is 2. The Kier molecular flexibility index (Phi) is 2.91.